The van der Waals surface area contributed by atoms with Gasteiger partial charge in [0.05, 0.1) is 27.9 Å². The maximum atomic E-state index is 12.2. The van der Waals surface area contributed by atoms with Gasteiger partial charge in [-0.2, -0.15) is 0 Å². The number of aliphatic hydroxyl groups excluding tert-OH is 1. The molecule has 124 valence electrons. The summed E-state index contributed by atoms with van der Waals surface area (Å²) in [5, 5.41) is 19.1. The van der Waals surface area contributed by atoms with Crippen molar-refractivity contribution in [3.8, 4) is 0 Å². The van der Waals surface area contributed by atoms with Gasteiger partial charge < -0.3 is 15.6 Å². The van der Waals surface area contributed by atoms with Crippen LogP contribution in [0.1, 0.15) is 25.3 Å². The van der Waals surface area contributed by atoms with Gasteiger partial charge in [-0.05, 0) is 31.9 Å². The number of benzene rings is 1. The molecule has 0 unspecified atom stereocenters. The van der Waals surface area contributed by atoms with Crippen LogP contribution in [0.4, 0.5) is 0 Å². The first-order valence-electron chi connectivity index (χ1n) is 6.85. The molecule has 0 amide bonds. The molecule has 1 aliphatic rings. The minimum atomic E-state index is -1.01. The number of nitrogens with two attached hydrogens (primary N) is 1. The molecule has 1 fully saturated rings. The molecular formula is C15H15Cl3N2O3. The number of carbonyl (C=O) groups excluding carboxylic acids is 1. The number of nitrogens with one attached hydrogen (secondary N) is 1. The summed E-state index contributed by atoms with van der Waals surface area (Å²) in [5.41, 5.74) is 4.32. The molecule has 1 aromatic rings. The highest BCUT2D eigenvalue weighted by atomic mass is 35.5. The van der Waals surface area contributed by atoms with E-state index in [1.54, 1.807) is 6.92 Å². The van der Waals surface area contributed by atoms with Crippen molar-refractivity contribution in [2.45, 2.75) is 25.3 Å². The molecule has 0 aliphatic heterocycles. The number of rotatable bonds is 5. The van der Waals surface area contributed by atoms with E-state index in [4.69, 9.17) is 50.7 Å². The van der Waals surface area contributed by atoms with Crippen molar-refractivity contribution in [3.05, 3.63) is 44.1 Å². The number of aliphatic hydroxyl groups is 1. The van der Waals surface area contributed by atoms with Crippen LogP contribution in [-0.4, -0.2) is 28.9 Å². The van der Waals surface area contributed by atoms with E-state index in [0.717, 1.165) is 0 Å². The van der Waals surface area contributed by atoms with E-state index in [1.165, 1.54) is 12.1 Å². The van der Waals surface area contributed by atoms with Gasteiger partial charge in [0.15, 0.2) is 0 Å². The van der Waals surface area contributed by atoms with E-state index < -0.39 is 11.5 Å². The van der Waals surface area contributed by atoms with E-state index in [1.807, 2.05) is 0 Å². The van der Waals surface area contributed by atoms with E-state index in [9.17, 15) is 9.90 Å². The molecule has 0 radical (unpaired) electrons. The van der Waals surface area contributed by atoms with Crippen molar-refractivity contribution < 1.29 is 14.6 Å². The van der Waals surface area contributed by atoms with Gasteiger partial charge in [-0.25, -0.2) is 4.79 Å². The standard InChI is InChI=1S/C15H15Cl3N2O3/c1-2-23-14(22)11(13(21)15(20)3-4-15)12(19)10-8(17)5-7(16)6-9(10)18/h5-6,19,21H,2-4,20H2,1H3/b13-11+,19-12?. The van der Waals surface area contributed by atoms with Crippen LogP contribution in [-0.2, 0) is 9.53 Å². The molecule has 5 nitrogen and oxygen atoms in total. The highest BCUT2D eigenvalue weighted by Gasteiger charge is 2.46. The minimum Gasteiger partial charge on any atom is -0.509 e. The lowest BCUT2D eigenvalue weighted by atomic mass is 9.98. The number of esters is 1. The molecule has 0 spiro atoms. The van der Waals surface area contributed by atoms with Gasteiger partial charge in [0.25, 0.3) is 0 Å². The molecular weight excluding hydrogens is 363 g/mol. The van der Waals surface area contributed by atoms with Gasteiger partial charge in [0.2, 0.25) is 0 Å². The first kappa shape index (κ1) is 18.1. The average molecular weight is 378 g/mol. The molecule has 0 bridgehead atoms. The zero-order chi connectivity index (χ0) is 17.4. The zero-order valence-corrected chi connectivity index (χ0v) is 14.5. The van der Waals surface area contributed by atoms with Crippen LogP contribution < -0.4 is 5.73 Å². The normalized spacial score (nSPS) is 16.6. The number of ether oxygens (including phenoxy) is 1. The second kappa shape index (κ2) is 6.69. The number of carbonyl (C=O) groups is 1. The van der Waals surface area contributed by atoms with E-state index in [2.05, 4.69) is 0 Å². The Kier molecular flexibility index (Phi) is 5.26. The van der Waals surface area contributed by atoms with Crippen molar-refractivity contribution in [1.29, 1.82) is 5.41 Å². The van der Waals surface area contributed by atoms with E-state index >= 15 is 0 Å². The number of hydrogen-bond acceptors (Lipinski definition) is 5. The van der Waals surface area contributed by atoms with Crippen LogP contribution in [0.3, 0.4) is 0 Å². The van der Waals surface area contributed by atoms with Gasteiger partial charge in [-0.1, -0.05) is 34.8 Å². The van der Waals surface area contributed by atoms with E-state index in [0.29, 0.717) is 17.9 Å². The minimum absolute atomic E-state index is 0.0802. The Morgan fingerprint density at radius 3 is 2.30 bits per heavy atom. The molecule has 23 heavy (non-hydrogen) atoms. The van der Waals surface area contributed by atoms with Gasteiger partial charge in [-0.15, -0.1) is 0 Å². The summed E-state index contributed by atoms with van der Waals surface area (Å²) >= 11 is 18.0. The van der Waals surface area contributed by atoms with Crippen molar-refractivity contribution >= 4 is 46.5 Å². The Morgan fingerprint density at radius 1 is 1.35 bits per heavy atom. The predicted octanol–water partition coefficient (Wildman–Crippen LogP) is 3.88. The average Bonchev–Trinajstić information content (AvgIpc) is 3.17. The second-order valence-corrected chi connectivity index (χ2v) is 6.47. The van der Waals surface area contributed by atoms with Gasteiger partial charge >= 0.3 is 5.97 Å². The largest absolute Gasteiger partial charge is 0.509 e. The lowest BCUT2D eigenvalue weighted by Gasteiger charge is -2.17. The molecule has 2 rings (SSSR count). The van der Waals surface area contributed by atoms with Crippen molar-refractivity contribution in [1.82, 2.24) is 0 Å². The summed E-state index contributed by atoms with van der Waals surface area (Å²) in [7, 11) is 0. The topological polar surface area (TPSA) is 96.4 Å². The van der Waals surface area contributed by atoms with Crippen molar-refractivity contribution in [2.75, 3.05) is 6.61 Å². The third-order valence-corrected chi connectivity index (χ3v) is 4.30. The smallest absolute Gasteiger partial charge is 0.343 e. The molecule has 1 aliphatic carbocycles. The molecule has 1 saturated carbocycles. The molecule has 0 aromatic heterocycles. The highest BCUT2D eigenvalue weighted by molar-refractivity contribution is 6.44. The molecule has 0 atom stereocenters. The van der Waals surface area contributed by atoms with Gasteiger partial charge in [-0.3, -0.25) is 5.41 Å². The van der Waals surface area contributed by atoms with Gasteiger partial charge in [0, 0.05) is 10.6 Å². The van der Waals surface area contributed by atoms with Crippen molar-refractivity contribution in [3.63, 3.8) is 0 Å². The fourth-order valence-corrected chi connectivity index (χ4v) is 3.05. The molecule has 1 aromatic carbocycles. The summed E-state index contributed by atoms with van der Waals surface area (Å²) in [4.78, 5) is 12.2. The second-order valence-electron chi connectivity index (χ2n) is 5.22. The predicted molar refractivity (Wildman–Crippen MR) is 90.7 cm³/mol. The molecule has 4 N–H and O–H groups in total. The molecule has 0 heterocycles. The first-order valence-corrected chi connectivity index (χ1v) is 7.98. The maximum absolute atomic E-state index is 12.2. The SMILES string of the molecule is CCOC(=O)/C(C(=N)c1c(Cl)cc(Cl)cc1Cl)=C(/O)C1(N)CC1. The Labute approximate surface area is 148 Å². The Hall–Kier alpha value is -1.27. The first-order chi connectivity index (χ1) is 10.7. The Balaban J connectivity index is 2.57. The Bertz CT molecular complexity index is 689. The quantitative estimate of drug-likeness (QED) is 0.314. The summed E-state index contributed by atoms with van der Waals surface area (Å²) in [5.74, 6) is -1.24. The highest BCUT2D eigenvalue weighted by Crippen LogP contribution is 2.41. The lowest BCUT2D eigenvalue weighted by Crippen LogP contribution is -2.30. The molecule has 8 heteroatoms. The lowest BCUT2D eigenvalue weighted by molar-refractivity contribution is -0.138. The Morgan fingerprint density at radius 2 is 1.87 bits per heavy atom. The fraction of sp³-hybridized carbons (Fsp3) is 0.333. The van der Waals surface area contributed by atoms with Crippen molar-refractivity contribution in [2.24, 2.45) is 5.73 Å². The molecule has 0 saturated heterocycles. The number of hydrogen-bond donors (Lipinski definition) is 3. The monoisotopic (exact) mass is 376 g/mol. The summed E-state index contributed by atoms with van der Waals surface area (Å²) < 4.78 is 4.93. The number of halogens is 3. The summed E-state index contributed by atoms with van der Waals surface area (Å²) in [6.07, 6.45) is 1.02. The van der Waals surface area contributed by atoms with Crippen LogP contribution in [0.15, 0.2) is 23.5 Å². The van der Waals surface area contributed by atoms with Crippen LogP contribution in [0.2, 0.25) is 15.1 Å². The van der Waals surface area contributed by atoms with Crippen LogP contribution in [0, 0.1) is 5.41 Å². The van der Waals surface area contributed by atoms with Crippen LogP contribution >= 0.6 is 34.8 Å². The summed E-state index contributed by atoms with van der Waals surface area (Å²) in [6.45, 7) is 1.70. The third-order valence-electron chi connectivity index (χ3n) is 3.48. The zero-order valence-electron chi connectivity index (χ0n) is 12.3. The summed E-state index contributed by atoms with van der Waals surface area (Å²) in [6, 6.07) is 2.79. The van der Waals surface area contributed by atoms with Crippen LogP contribution in [0.5, 0.6) is 0 Å². The third kappa shape index (κ3) is 3.63. The van der Waals surface area contributed by atoms with Gasteiger partial charge in [0.1, 0.15) is 11.3 Å². The van der Waals surface area contributed by atoms with E-state index in [-0.39, 0.29) is 39.3 Å². The van der Waals surface area contributed by atoms with Crippen LogP contribution in [0.25, 0.3) is 0 Å². The fourth-order valence-electron chi connectivity index (χ4n) is 2.05. The maximum Gasteiger partial charge on any atom is 0.343 e.